The monoisotopic (exact) mass is 632 g/mol. The number of likely N-dealkylation sites (tertiary alicyclic amines) is 1. The van der Waals surface area contributed by atoms with E-state index in [-0.39, 0.29) is 41.4 Å². The highest BCUT2D eigenvalue weighted by Gasteiger charge is 2.67. The second-order valence-electron chi connectivity index (χ2n) is 13.9. The minimum Gasteiger partial charge on any atom is -0.493 e. The Morgan fingerprint density at radius 2 is 1.81 bits per heavy atom. The molecule has 2 aliphatic carbocycles. The number of ether oxygens (including phenoxy) is 3. The molecule has 3 aromatic carbocycles. The summed E-state index contributed by atoms with van der Waals surface area (Å²) in [5, 5.41) is 0. The SMILES string of the molecule is COc1cc(OC(C)=O)c2c3c1O[C@H]1[C@@H](N(CC(C)C)C(=O)C#Cc4ccccc4)CC[C@H]4[C@@H](C2)N(CCc2ccccc2)CC[C@@]341. The Bertz CT molecular complexity index is 1710. The van der Waals surface area contributed by atoms with Gasteiger partial charge in [-0.25, -0.2) is 0 Å². The van der Waals surface area contributed by atoms with Crippen molar-refractivity contribution in [2.24, 2.45) is 11.8 Å². The second-order valence-corrected chi connectivity index (χ2v) is 13.9. The number of carbonyl (C=O) groups is 2. The standard InChI is InChI=1S/C40H44N2O5/c1-26(2)25-42(36(44)18-15-28-11-7-5-8-12-28)32-17-16-31-33-23-30-34(46-27(3)43)24-35(45-4)38-37(30)40(31,39(32)47-38)20-22-41(33)21-19-29-13-9-6-10-14-29/h5-14,24,26,31-33,39H,16-17,19-23,25H2,1-4H3/t31-,32-,33+,39-,40-/m0/s1. The molecule has 2 heterocycles. The minimum absolute atomic E-state index is 0.150. The third-order valence-electron chi connectivity index (χ3n) is 10.8. The van der Waals surface area contributed by atoms with E-state index in [4.69, 9.17) is 14.2 Å². The van der Waals surface area contributed by atoms with Gasteiger partial charge in [-0.15, -0.1) is 0 Å². The molecule has 7 heteroatoms. The van der Waals surface area contributed by atoms with Gasteiger partial charge >= 0.3 is 5.97 Å². The first-order valence-corrected chi connectivity index (χ1v) is 17.0. The number of benzene rings is 3. The highest BCUT2D eigenvalue weighted by molar-refractivity contribution is 5.94. The molecular formula is C40H44N2O5. The van der Waals surface area contributed by atoms with Crippen molar-refractivity contribution >= 4 is 11.9 Å². The van der Waals surface area contributed by atoms with E-state index in [1.54, 1.807) is 7.11 Å². The zero-order valence-corrected chi connectivity index (χ0v) is 27.8. The lowest BCUT2D eigenvalue weighted by molar-refractivity contribution is -0.138. The number of piperidine rings is 1. The minimum atomic E-state index is -0.350. The smallest absolute Gasteiger partial charge is 0.308 e. The van der Waals surface area contributed by atoms with Crippen molar-refractivity contribution in [3.05, 3.63) is 89.0 Å². The first-order chi connectivity index (χ1) is 22.8. The first kappa shape index (κ1) is 31.3. The fraction of sp³-hybridized carbons (Fsp3) is 0.450. The fourth-order valence-electron chi connectivity index (χ4n) is 9.03. The van der Waals surface area contributed by atoms with Gasteiger partial charge in [0.15, 0.2) is 11.5 Å². The van der Waals surface area contributed by atoms with E-state index in [0.717, 1.165) is 67.6 Å². The van der Waals surface area contributed by atoms with Gasteiger partial charge in [0.05, 0.1) is 13.2 Å². The van der Waals surface area contributed by atoms with Crippen LogP contribution in [0.5, 0.6) is 17.2 Å². The maximum atomic E-state index is 14.0. The normalized spacial score (nSPS) is 25.2. The predicted molar refractivity (Wildman–Crippen MR) is 181 cm³/mol. The maximum absolute atomic E-state index is 14.0. The van der Waals surface area contributed by atoms with E-state index in [1.807, 2.05) is 41.3 Å². The maximum Gasteiger partial charge on any atom is 0.308 e. The lowest BCUT2D eigenvalue weighted by Crippen LogP contribution is -2.69. The Hall–Kier alpha value is -4.28. The zero-order valence-electron chi connectivity index (χ0n) is 27.8. The van der Waals surface area contributed by atoms with Crippen molar-refractivity contribution in [2.75, 3.05) is 26.7 Å². The van der Waals surface area contributed by atoms with Crippen LogP contribution in [0.15, 0.2) is 66.7 Å². The molecule has 244 valence electrons. The lowest BCUT2D eigenvalue weighted by Gasteiger charge is -2.60. The predicted octanol–water partition coefficient (Wildman–Crippen LogP) is 5.81. The zero-order chi connectivity index (χ0) is 32.7. The van der Waals surface area contributed by atoms with Gasteiger partial charge in [0, 0.05) is 60.1 Å². The van der Waals surface area contributed by atoms with Crippen LogP contribution in [0, 0.1) is 23.7 Å². The van der Waals surface area contributed by atoms with Crippen molar-refractivity contribution in [1.29, 1.82) is 0 Å². The lowest BCUT2D eigenvalue weighted by atomic mass is 9.50. The largest absolute Gasteiger partial charge is 0.493 e. The van der Waals surface area contributed by atoms with Crippen LogP contribution in [0.4, 0.5) is 0 Å². The summed E-state index contributed by atoms with van der Waals surface area (Å²) in [5.41, 5.74) is 4.02. The van der Waals surface area contributed by atoms with E-state index in [1.165, 1.54) is 12.5 Å². The molecule has 0 aromatic heterocycles. The molecule has 2 aliphatic heterocycles. The average molecular weight is 633 g/mol. The van der Waals surface area contributed by atoms with Gasteiger partial charge < -0.3 is 19.1 Å². The number of nitrogens with zero attached hydrogens (tertiary/aromatic N) is 2. The number of hydrogen-bond donors (Lipinski definition) is 0. The van der Waals surface area contributed by atoms with Crippen LogP contribution in [0.3, 0.4) is 0 Å². The van der Waals surface area contributed by atoms with Crippen LogP contribution in [0.25, 0.3) is 0 Å². The number of methoxy groups -OCH3 is 1. The number of rotatable bonds is 8. The molecule has 1 saturated heterocycles. The summed E-state index contributed by atoms with van der Waals surface area (Å²) in [6.45, 7) is 8.24. The third kappa shape index (κ3) is 5.57. The van der Waals surface area contributed by atoms with Gasteiger partial charge in [0.1, 0.15) is 11.9 Å². The van der Waals surface area contributed by atoms with E-state index < -0.39 is 0 Å². The fourth-order valence-corrected chi connectivity index (χ4v) is 9.03. The molecule has 1 saturated carbocycles. The Balaban J connectivity index is 1.30. The molecule has 3 aromatic rings. The summed E-state index contributed by atoms with van der Waals surface area (Å²) < 4.78 is 18.9. The van der Waals surface area contributed by atoms with Crippen LogP contribution < -0.4 is 14.2 Å². The Kier molecular flexibility index (Phi) is 8.48. The van der Waals surface area contributed by atoms with Crippen molar-refractivity contribution in [2.45, 2.75) is 76.5 Å². The average Bonchev–Trinajstić information content (AvgIpc) is 3.41. The molecule has 1 spiro atoms. The summed E-state index contributed by atoms with van der Waals surface area (Å²) in [7, 11) is 1.64. The molecule has 0 radical (unpaired) electrons. The highest BCUT2D eigenvalue weighted by Crippen LogP contribution is 2.65. The van der Waals surface area contributed by atoms with Crippen LogP contribution in [-0.4, -0.2) is 66.6 Å². The summed E-state index contributed by atoms with van der Waals surface area (Å²) in [6, 6.07) is 22.3. The summed E-state index contributed by atoms with van der Waals surface area (Å²) in [5.74, 6) is 8.07. The van der Waals surface area contributed by atoms with Gasteiger partial charge in [0.25, 0.3) is 5.91 Å². The third-order valence-corrected chi connectivity index (χ3v) is 10.8. The molecule has 4 aliphatic rings. The molecule has 0 unspecified atom stereocenters. The summed E-state index contributed by atoms with van der Waals surface area (Å²) in [6.07, 6.45) is 4.23. The molecule has 2 fully saturated rings. The van der Waals surface area contributed by atoms with Gasteiger partial charge in [-0.1, -0.05) is 68.3 Å². The van der Waals surface area contributed by atoms with E-state index >= 15 is 0 Å². The molecule has 5 atom stereocenters. The second kappa shape index (κ2) is 12.7. The van der Waals surface area contributed by atoms with Crippen LogP contribution in [-0.2, 0) is 27.8 Å². The van der Waals surface area contributed by atoms with E-state index in [2.05, 4.69) is 60.9 Å². The van der Waals surface area contributed by atoms with Gasteiger partial charge in [-0.2, -0.15) is 0 Å². The van der Waals surface area contributed by atoms with Crippen molar-refractivity contribution in [1.82, 2.24) is 9.80 Å². The Morgan fingerprint density at radius 3 is 2.51 bits per heavy atom. The van der Waals surface area contributed by atoms with Gasteiger partial charge in [0.2, 0.25) is 0 Å². The molecule has 47 heavy (non-hydrogen) atoms. The van der Waals surface area contributed by atoms with E-state index in [9.17, 15) is 9.59 Å². The highest BCUT2D eigenvalue weighted by atomic mass is 16.5. The van der Waals surface area contributed by atoms with Crippen LogP contribution in [0.1, 0.15) is 62.3 Å². The van der Waals surface area contributed by atoms with Crippen molar-refractivity contribution < 1.29 is 23.8 Å². The molecule has 2 bridgehead atoms. The van der Waals surface area contributed by atoms with Gasteiger partial charge in [-0.05, 0) is 68.2 Å². The number of carbonyl (C=O) groups excluding carboxylic acids is 2. The molecule has 7 rings (SSSR count). The summed E-state index contributed by atoms with van der Waals surface area (Å²) >= 11 is 0. The molecule has 0 N–H and O–H groups in total. The first-order valence-electron chi connectivity index (χ1n) is 17.0. The van der Waals surface area contributed by atoms with Crippen LogP contribution in [0.2, 0.25) is 0 Å². The topological polar surface area (TPSA) is 68.3 Å². The van der Waals surface area contributed by atoms with Crippen LogP contribution >= 0.6 is 0 Å². The van der Waals surface area contributed by atoms with Crippen molar-refractivity contribution in [3.63, 3.8) is 0 Å². The Labute approximate surface area is 278 Å². The number of esters is 1. The molecule has 1 amide bonds. The summed E-state index contributed by atoms with van der Waals surface area (Å²) in [4.78, 5) is 31.0. The van der Waals surface area contributed by atoms with E-state index in [0.29, 0.717) is 24.0 Å². The number of amides is 1. The van der Waals surface area contributed by atoms with Crippen molar-refractivity contribution in [3.8, 4) is 29.1 Å². The van der Waals surface area contributed by atoms with Gasteiger partial charge in [-0.3, -0.25) is 14.5 Å². The number of hydrogen-bond acceptors (Lipinski definition) is 6. The quantitative estimate of drug-likeness (QED) is 0.178. The molecular weight excluding hydrogens is 588 g/mol. The molecule has 7 nitrogen and oxygen atoms in total. The Morgan fingerprint density at radius 1 is 1.06 bits per heavy atom.